The van der Waals surface area contributed by atoms with E-state index in [4.69, 9.17) is 5.73 Å². The van der Waals surface area contributed by atoms with Gasteiger partial charge < -0.3 is 5.73 Å². The number of hydrogen-bond donors (Lipinski definition) is 1. The van der Waals surface area contributed by atoms with E-state index in [1.54, 1.807) is 0 Å². The highest BCUT2D eigenvalue weighted by Crippen LogP contribution is 2.06. The average Bonchev–Trinajstić information content (AvgIpc) is 1.82. The molecule has 1 nitrogen and oxygen atoms in total. The minimum atomic E-state index is 0.345. The highest BCUT2D eigenvalue weighted by molar-refractivity contribution is 4.91. The first-order valence-corrected chi connectivity index (χ1v) is 4.06. The van der Waals surface area contributed by atoms with Crippen molar-refractivity contribution in [1.82, 2.24) is 0 Å². The highest BCUT2D eigenvalue weighted by atomic mass is 14.6. The van der Waals surface area contributed by atoms with Crippen LogP contribution in [-0.2, 0) is 0 Å². The van der Waals surface area contributed by atoms with Gasteiger partial charge in [-0.15, -0.1) is 6.58 Å². The third-order valence-corrected chi connectivity index (χ3v) is 1.54. The van der Waals surface area contributed by atoms with Crippen molar-refractivity contribution in [2.24, 2.45) is 5.73 Å². The highest BCUT2D eigenvalue weighted by Gasteiger charge is 2.00. The van der Waals surface area contributed by atoms with E-state index < -0.39 is 0 Å². The summed E-state index contributed by atoms with van der Waals surface area (Å²) in [7, 11) is 0. The van der Waals surface area contributed by atoms with Gasteiger partial charge in [0.2, 0.25) is 0 Å². The van der Waals surface area contributed by atoms with Crippen LogP contribution < -0.4 is 5.73 Å². The zero-order chi connectivity index (χ0) is 7.98. The second-order valence-corrected chi connectivity index (χ2v) is 3.06. The van der Waals surface area contributed by atoms with Crippen LogP contribution in [0.4, 0.5) is 0 Å². The standard InChI is InChI=1S/C9H19N/c1-4-5-6-9(10)7-8(2)3/h9H,2,4-7,10H2,1,3H3. The van der Waals surface area contributed by atoms with Gasteiger partial charge in [-0.3, -0.25) is 0 Å². The van der Waals surface area contributed by atoms with Gasteiger partial charge in [-0.25, -0.2) is 0 Å². The van der Waals surface area contributed by atoms with Gasteiger partial charge in [0.1, 0.15) is 0 Å². The molecule has 0 radical (unpaired) electrons. The van der Waals surface area contributed by atoms with Crippen LogP contribution in [0.5, 0.6) is 0 Å². The molecule has 0 saturated carbocycles. The lowest BCUT2D eigenvalue weighted by Gasteiger charge is -2.09. The Bertz CT molecular complexity index is 96.9. The van der Waals surface area contributed by atoms with Crippen LogP contribution in [-0.4, -0.2) is 6.04 Å². The fraction of sp³-hybridized carbons (Fsp3) is 0.778. The largest absolute Gasteiger partial charge is 0.327 e. The molecule has 0 amide bonds. The van der Waals surface area contributed by atoms with Crippen molar-refractivity contribution in [3.63, 3.8) is 0 Å². The molecule has 0 saturated heterocycles. The Labute approximate surface area is 64.3 Å². The maximum absolute atomic E-state index is 5.80. The zero-order valence-electron chi connectivity index (χ0n) is 7.19. The normalized spacial score (nSPS) is 13.1. The molecule has 0 aliphatic carbocycles. The summed E-state index contributed by atoms with van der Waals surface area (Å²) in [5.41, 5.74) is 7.00. The topological polar surface area (TPSA) is 26.0 Å². The van der Waals surface area contributed by atoms with Crippen LogP contribution in [0.2, 0.25) is 0 Å². The Balaban J connectivity index is 3.25. The van der Waals surface area contributed by atoms with Crippen molar-refractivity contribution in [3.8, 4) is 0 Å². The molecule has 0 aromatic carbocycles. The van der Waals surface area contributed by atoms with Crippen LogP contribution in [0.1, 0.15) is 39.5 Å². The van der Waals surface area contributed by atoms with Gasteiger partial charge in [0.05, 0.1) is 0 Å². The molecule has 0 aliphatic heterocycles. The quantitative estimate of drug-likeness (QED) is 0.585. The molecule has 0 spiro atoms. The van der Waals surface area contributed by atoms with Crippen LogP contribution in [0.3, 0.4) is 0 Å². The summed E-state index contributed by atoms with van der Waals surface area (Å²) in [6, 6.07) is 0.345. The molecule has 0 heterocycles. The minimum Gasteiger partial charge on any atom is -0.327 e. The number of unbranched alkanes of at least 4 members (excludes halogenated alkanes) is 1. The van der Waals surface area contributed by atoms with E-state index in [1.165, 1.54) is 18.4 Å². The molecule has 60 valence electrons. The van der Waals surface area contributed by atoms with E-state index in [-0.39, 0.29) is 0 Å². The van der Waals surface area contributed by atoms with Crippen molar-refractivity contribution in [2.75, 3.05) is 0 Å². The first-order valence-electron chi connectivity index (χ1n) is 4.06. The zero-order valence-corrected chi connectivity index (χ0v) is 7.19. The molecule has 0 fully saturated rings. The maximum Gasteiger partial charge on any atom is 0.00758 e. The van der Waals surface area contributed by atoms with Gasteiger partial charge in [0, 0.05) is 6.04 Å². The Morgan fingerprint density at radius 2 is 2.20 bits per heavy atom. The van der Waals surface area contributed by atoms with Gasteiger partial charge in [-0.2, -0.15) is 0 Å². The summed E-state index contributed by atoms with van der Waals surface area (Å²) in [4.78, 5) is 0. The van der Waals surface area contributed by atoms with E-state index in [9.17, 15) is 0 Å². The van der Waals surface area contributed by atoms with Crippen LogP contribution in [0, 0.1) is 0 Å². The summed E-state index contributed by atoms with van der Waals surface area (Å²) >= 11 is 0. The third-order valence-electron chi connectivity index (χ3n) is 1.54. The van der Waals surface area contributed by atoms with Gasteiger partial charge in [-0.1, -0.05) is 25.3 Å². The smallest absolute Gasteiger partial charge is 0.00758 e. The second-order valence-electron chi connectivity index (χ2n) is 3.06. The minimum absolute atomic E-state index is 0.345. The molecule has 10 heavy (non-hydrogen) atoms. The predicted octanol–water partition coefficient (Wildman–Crippen LogP) is 2.47. The van der Waals surface area contributed by atoms with Crippen molar-refractivity contribution < 1.29 is 0 Å². The van der Waals surface area contributed by atoms with Crippen molar-refractivity contribution in [3.05, 3.63) is 12.2 Å². The molecule has 0 aromatic rings. The van der Waals surface area contributed by atoms with Crippen LogP contribution in [0.25, 0.3) is 0 Å². The summed E-state index contributed by atoms with van der Waals surface area (Å²) in [5, 5.41) is 0. The maximum atomic E-state index is 5.80. The molecule has 0 aromatic heterocycles. The van der Waals surface area contributed by atoms with E-state index in [1.807, 2.05) is 6.92 Å². The van der Waals surface area contributed by atoms with Crippen molar-refractivity contribution in [2.45, 2.75) is 45.6 Å². The lowest BCUT2D eigenvalue weighted by Crippen LogP contribution is -2.19. The van der Waals surface area contributed by atoms with Gasteiger partial charge in [-0.05, 0) is 19.8 Å². The monoisotopic (exact) mass is 141 g/mol. The lowest BCUT2D eigenvalue weighted by molar-refractivity contribution is 0.572. The summed E-state index contributed by atoms with van der Waals surface area (Å²) in [5.74, 6) is 0. The Morgan fingerprint density at radius 1 is 1.60 bits per heavy atom. The fourth-order valence-electron chi connectivity index (χ4n) is 1.02. The first kappa shape index (κ1) is 9.70. The predicted molar refractivity (Wildman–Crippen MR) is 46.9 cm³/mol. The molecule has 2 N–H and O–H groups in total. The SMILES string of the molecule is C=C(C)CC(N)CCCC. The van der Waals surface area contributed by atoms with Gasteiger partial charge in [0.15, 0.2) is 0 Å². The van der Waals surface area contributed by atoms with Crippen molar-refractivity contribution in [1.29, 1.82) is 0 Å². The summed E-state index contributed by atoms with van der Waals surface area (Å²) < 4.78 is 0. The van der Waals surface area contributed by atoms with Gasteiger partial charge in [0.25, 0.3) is 0 Å². The van der Waals surface area contributed by atoms with E-state index in [0.717, 1.165) is 12.8 Å². The molecular formula is C9H19N. The lowest BCUT2D eigenvalue weighted by atomic mass is 10.0. The van der Waals surface area contributed by atoms with E-state index in [0.29, 0.717) is 6.04 Å². The fourth-order valence-corrected chi connectivity index (χ4v) is 1.02. The average molecular weight is 141 g/mol. The van der Waals surface area contributed by atoms with E-state index >= 15 is 0 Å². The Morgan fingerprint density at radius 3 is 2.60 bits per heavy atom. The molecule has 0 rings (SSSR count). The second kappa shape index (κ2) is 5.48. The first-order chi connectivity index (χ1) is 4.66. The molecule has 0 aliphatic rings. The van der Waals surface area contributed by atoms with Gasteiger partial charge >= 0.3 is 0 Å². The number of nitrogens with two attached hydrogens (primary N) is 1. The molecular weight excluding hydrogens is 122 g/mol. The van der Waals surface area contributed by atoms with Crippen LogP contribution >= 0.6 is 0 Å². The summed E-state index contributed by atoms with van der Waals surface area (Å²) in [6.45, 7) is 8.04. The van der Waals surface area contributed by atoms with Crippen LogP contribution in [0.15, 0.2) is 12.2 Å². The molecule has 1 atom stereocenters. The number of hydrogen-bond acceptors (Lipinski definition) is 1. The Hall–Kier alpha value is -0.300. The molecule has 1 unspecified atom stereocenters. The Kier molecular flexibility index (Phi) is 5.32. The third kappa shape index (κ3) is 5.83. The molecule has 0 bridgehead atoms. The van der Waals surface area contributed by atoms with Crippen molar-refractivity contribution >= 4 is 0 Å². The van der Waals surface area contributed by atoms with E-state index in [2.05, 4.69) is 13.5 Å². The molecule has 1 heteroatoms. The summed E-state index contributed by atoms with van der Waals surface area (Å²) in [6.07, 6.45) is 4.61. The number of rotatable bonds is 5.